The predicted octanol–water partition coefficient (Wildman–Crippen LogP) is 0.907. The third-order valence-electron chi connectivity index (χ3n) is 2.32. The van der Waals surface area contributed by atoms with E-state index in [1.807, 2.05) is 13.2 Å². The minimum atomic E-state index is -0.933. The maximum atomic E-state index is 11.8. The summed E-state index contributed by atoms with van der Waals surface area (Å²) in [6.45, 7) is 2.42. The van der Waals surface area contributed by atoms with Crippen LogP contribution in [0, 0.1) is 0 Å². The van der Waals surface area contributed by atoms with Gasteiger partial charge >= 0.3 is 12.0 Å². The van der Waals surface area contributed by atoms with Gasteiger partial charge in [-0.05, 0) is 13.2 Å². The fourth-order valence-corrected chi connectivity index (χ4v) is 2.97. The highest BCUT2D eigenvalue weighted by Gasteiger charge is 2.39. The number of hydrogen-bond acceptors (Lipinski definition) is 4. The van der Waals surface area contributed by atoms with Crippen molar-refractivity contribution < 1.29 is 14.7 Å². The number of rotatable bonds is 4. The average molecular weight is 264 g/mol. The maximum absolute atomic E-state index is 11.8. The molecular weight excluding hydrogens is 248 g/mol. The largest absolute Gasteiger partial charge is 0.480 e. The number of thioether (sulfide) groups is 2. The monoisotopic (exact) mass is 264 g/mol. The van der Waals surface area contributed by atoms with Crippen LogP contribution < -0.4 is 5.32 Å². The van der Waals surface area contributed by atoms with Gasteiger partial charge in [0.1, 0.15) is 6.04 Å². The molecule has 2 N–H and O–H groups in total. The highest BCUT2D eigenvalue weighted by molar-refractivity contribution is 8.00. The zero-order valence-corrected chi connectivity index (χ0v) is 10.9. The number of carboxylic acids is 1. The van der Waals surface area contributed by atoms with Crippen molar-refractivity contribution in [1.29, 1.82) is 0 Å². The molecule has 16 heavy (non-hydrogen) atoms. The highest BCUT2D eigenvalue weighted by Crippen LogP contribution is 2.28. The van der Waals surface area contributed by atoms with Gasteiger partial charge in [0.25, 0.3) is 0 Å². The molecule has 0 aromatic rings. The Bertz CT molecular complexity index is 275. The van der Waals surface area contributed by atoms with E-state index >= 15 is 0 Å². The van der Waals surface area contributed by atoms with Crippen molar-refractivity contribution in [3.05, 3.63) is 0 Å². The van der Waals surface area contributed by atoms with Crippen LogP contribution in [-0.2, 0) is 4.79 Å². The van der Waals surface area contributed by atoms with Gasteiger partial charge in [-0.3, -0.25) is 4.90 Å². The van der Waals surface area contributed by atoms with Crippen LogP contribution in [0.2, 0.25) is 0 Å². The first kappa shape index (κ1) is 13.5. The van der Waals surface area contributed by atoms with E-state index < -0.39 is 12.0 Å². The average Bonchev–Trinajstić information content (AvgIpc) is 2.60. The Balaban J connectivity index is 2.54. The quantitative estimate of drug-likeness (QED) is 0.739. The number of nitrogens with zero attached hydrogens (tertiary/aromatic N) is 1. The Morgan fingerprint density at radius 2 is 2.31 bits per heavy atom. The molecule has 0 spiro atoms. The zero-order chi connectivity index (χ0) is 12.1. The first-order valence-electron chi connectivity index (χ1n) is 4.97. The van der Waals surface area contributed by atoms with E-state index in [-0.39, 0.29) is 11.4 Å². The molecule has 0 saturated carbocycles. The Labute approximate surface area is 103 Å². The molecule has 1 fully saturated rings. The topological polar surface area (TPSA) is 69.6 Å². The number of amides is 2. The SMILES string of the molecule is CSCCNC(=O)N1C(C)SCC1C(=O)O. The number of hydrogen-bond donors (Lipinski definition) is 2. The molecule has 2 amide bonds. The molecule has 1 aliphatic rings. The van der Waals surface area contributed by atoms with E-state index in [0.29, 0.717) is 12.3 Å². The standard InChI is InChI=1S/C9H16N2O3S2/c1-6-11(7(5-16-6)8(12)13)9(14)10-3-4-15-2/h6-7H,3-5H2,1-2H3,(H,10,14)(H,12,13). The lowest BCUT2D eigenvalue weighted by molar-refractivity contribution is -0.141. The molecule has 5 nitrogen and oxygen atoms in total. The van der Waals surface area contributed by atoms with Gasteiger partial charge in [0, 0.05) is 18.1 Å². The van der Waals surface area contributed by atoms with Gasteiger partial charge in [-0.25, -0.2) is 9.59 Å². The van der Waals surface area contributed by atoms with Crippen LogP contribution in [0.1, 0.15) is 6.92 Å². The fraction of sp³-hybridized carbons (Fsp3) is 0.778. The third-order valence-corrected chi connectivity index (χ3v) is 4.15. The van der Waals surface area contributed by atoms with Crippen LogP contribution in [-0.4, -0.2) is 57.7 Å². The van der Waals surface area contributed by atoms with E-state index in [4.69, 9.17) is 5.11 Å². The molecule has 1 aliphatic heterocycles. The molecule has 1 rings (SSSR count). The molecule has 0 aromatic heterocycles. The number of carbonyl (C=O) groups excluding carboxylic acids is 1. The Hall–Kier alpha value is -0.560. The van der Waals surface area contributed by atoms with Crippen molar-refractivity contribution in [2.75, 3.05) is 24.3 Å². The van der Waals surface area contributed by atoms with Gasteiger partial charge in [-0.1, -0.05) is 0 Å². The number of urea groups is 1. The second kappa shape index (κ2) is 6.24. The van der Waals surface area contributed by atoms with Crippen LogP contribution in [0.15, 0.2) is 0 Å². The van der Waals surface area contributed by atoms with Gasteiger partial charge in [0.15, 0.2) is 0 Å². The molecule has 2 unspecified atom stereocenters. The summed E-state index contributed by atoms with van der Waals surface area (Å²) in [6, 6.07) is -0.978. The van der Waals surface area contributed by atoms with Gasteiger partial charge < -0.3 is 10.4 Å². The molecule has 7 heteroatoms. The minimum absolute atomic E-state index is 0.0737. The van der Waals surface area contributed by atoms with Crippen LogP contribution in [0.25, 0.3) is 0 Å². The van der Waals surface area contributed by atoms with Crippen LogP contribution in [0.5, 0.6) is 0 Å². The Morgan fingerprint density at radius 1 is 1.62 bits per heavy atom. The van der Waals surface area contributed by atoms with E-state index in [9.17, 15) is 9.59 Å². The van der Waals surface area contributed by atoms with Gasteiger partial charge in [-0.2, -0.15) is 11.8 Å². The van der Waals surface area contributed by atoms with E-state index in [2.05, 4.69) is 5.32 Å². The maximum Gasteiger partial charge on any atom is 0.327 e. The Morgan fingerprint density at radius 3 is 2.88 bits per heavy atom. The number of carbonyl (C=O) groups is 2. The summed E-state index contributed by atoms with van der Waals surface area (Å²) in [7, 11) is 0. The van der Waals surface area contributed by atoms with Crippen molar-refractivity contribution in [3.63, 3.8) is 0 Å². The van der Waals surface area contributed by atoms with Gasteiger partial charge in [0.2, 0.25) is 0 Å². The number of aliphatic carboxylic acids is 1. The fourth-order valence-electron chi connectivity index (χ4n) is 1.49. The smallest absolute Gasteiger partial charge is 0.327 e. The van der Waals surface area contributed by atoms with Crippen LogP contribution in [0.3, 0.4) is 0 Å². The minimum Gasteiger partial charge on any atom is -0.480 e. The van der Waals surface area contributed by atoms with E-state index in [1.165, 1.54) is 16.7 Å². The summed E-state index contributed by atoms with van der Waals surface area (Å²) in [5.74, 6) is 0.363. The molecule has 92 valence electrons. The molecular formula is C9H16N2O3S2. The van der Waals surface area contributed by atoms with Gasteiger partial charge in [-0.15, -0.1) is 11.8 Å². The molecule has 2 atom stereocenters. The normalized spacial score (nSPS) is 24.5. The second-order valence-electron chi connectivity index (χ2n) is 3.42. The molecule has 0 bridgehead atoms. The van der Waals surface area contributed by atoms with Crippen molar-refractivity contribution in [2.24, 2.45) is 0 Å². The lowest BCUT2D eigenvalue weighted by atomic mass is 10.3. The van der Waals surface area contributed by atoms with Crippen molar-refractivity contribution in [2.45, 2.75) is 18.3 Å². The first-order valence-corrected chi connectivity index (χ1v) is 7.41. The van der Waals surface area contributed by atoms with Crippen molar-refractivity contribution in [1.82, 2.24) is 10.2 Å². The highest BCUT2D eigenvalue weighted by atomic mass is 32.2. The molecule has 1 heterocycles. The number of carboxylic acid groups (broad SMARTS) is 1. The second-order valence-corrected chi connectivity index (χ2v) is 5.75. The summed E-state index contributed by atoms with van der Waals surface area (Å²) < 4.78 is 0. The summed E-state index contributed by atoms with van der Waals surface area (Å²) >= 11 is 3.13. The summed E-state index contributed by atoms with van der Waals surface area (Å²) in [5.41, 5.74) is 0. The van der Waals surface area contributed by atoms with E-state index in [0.717, 1.165) is 5.75 Å². The molecule has 0 aromatic carbocycles. The third kappa shape index (κ3) is 3.21. The van der Waals surface area contributed by atoms with Gasteiger partial charge in [0.05, 0.1) is 5.37 Å². The molecule has 0 aliphatic carbocycles. The van der Waals surface area contributed by atoms with Crippen LogP contribution >= 0.6 is 23.5 Å². The van der Waals surface area contributed by atoms with Crippen molar-refractivity contribution in [3.8, 4) is 0 Å². The summed E-state index contributed by atoms with van der Waals surface area (Å²) in [5, 5.41) is 11.6. The first-order chi connectivity index (χ1) is 7.57. The van der Waals surface area contributed by atoms with E-state index in [1.54, 1.807) is 11.8 Å². The van der Waals surface area contributed by atoms with Crippen LogP contribution in [0.4, 0.5) is 4.79 Å². The lowest BCUT2D eigenvalue weighted by Gasteiger charge is -2.25. The summed E-state index contributed by atoms with van der Waals surface area (Å²) in [4.78, 5) is 24.1. The number of nitrogens with one attached hydrogen (secondary N) is 1. The molecule has 1 saturated heterocycles. The summed E-state index contributed by atoms with van der Waals surface area (Å²) in [6.07, 6.45) is 1.96. The zero-order valence-electron chi connectivity index (χ0n) is 9.30. The Kier molecular flexibility index (Phi) is 5.27. The lowest BCUT2D eigenvalue weighted by Crippen LogP contribution is -2.49. The predicted molar refractivity (Wildman–Crippen MR) is 67.0 cm³/mol. The van der Waals surface area contributed by atoms with Crippen molar-refractivity contribution >= 4 is 35.5 Å². The molecule has 0 radical (unpaired) electrons.